The zero-order valence-corrected chi connectivity index (χ0v) is 14.3. The van der Waals surface area contributed by atoms with E-state index >= 15 is 0 Å². The van der Waals surface area contributed by atoms with Gasteiger partial charge in [0, 0.05) is 27.8 Å². The van der Waals surface area contributed by atoms with Crippen molar-refractivity contribution in [2.45, 2.75) is 6.92 Å². The van der Waals surface area contributed by atoms with Gasteiger partial charge in [-0.3, -0.25) is 4.79 Å². The van der Waals surface area contributed by atoms with Gasteiger partial charge in [0.2, 0.25) is 0 Å². The highest BCUT2D eigenvalue weighted by atomic mass is 79.9. The number of carbonyl (C=O) groups excluding carboxylic acids is 1. The zero-order valence-electron chi connectivity index (χ0n) is 12.0. The number of aromatic nitrogens is 2. The minimum atomic E-state index is -0.762. The number of halogens is 3. The van der Waals surface area contributed by atoms with Crippen LogP contribution in [0.5, 0.6) is 5.75 Å². The Labute approximate surface area is 144 Å². The van der Waals surface area contributed by atoms with Gasteiger partial charge in [0.15, 0.2) is 17.3 Å². The molecule has 0 radical (unpaired) electrons. The van der Waals surface area contributed by atoms with E-state index in [1.807, 2.05) is 0 Å². The molecule has 2 heterocycles. The van der Waals surface area contributed by atoms with E-state index in [1.165, 1.54) is 18.3 Å². The number of fused-ring (bicyclic) bond motifs is 1. The first-order valence-corrected chi connectivity index (χ1v) is 7.98. The molecule has 0 atom stereocenters. The molecule has 1 aromatic carbocycles. The highest BCUT2D eigenvalue weighted by molar-refractivity contribution is 9.10. The van der Waals surface area contributed by atoms with E-state index in [4.69, 9.17) is 16.3 Å². The van der Waals surface area contributed by atoms with Crippen LogP contribution in [0.25, 0.3) is 11.0 Å². The number of pyridine rings is 1. The molecule has 3 aromatic rings. The van der Waals surface area contributed by atoms with Crippen molar-refractivity contribution < 1.29 is 13.9 Å². The van der Waals surface area contributed by atoms with Gasteiger partial charge < -0.3 is 9.72 Å². The Balaban J connectivity index is 2.16. The molecule has 0 amide bonds. The highest BCUT2D eigenvalue weighted by Crippen LogP contribution is 2.31. The van der Waals surface area contributed by atoms with Gasteiger partial charge >= 0.3 is 0 Å². The number of carbonyl (C=O) groups is 1. The van der Waals surface area contributed by atoms with Crippen LogP contribution < -0.4 is 4.74 Å². The second kappa shape index (κ2) is 6.29. The first-order chi connectivity index (χ1) is 11.0. The molecule has 23 heavy (non-hydrogen) atoms. The Morgan fingerprint density at radius 3 is 3.00 bits per heavy atom. The number of hydrogen-bond acceptors (Lipinski definition) is 3. The fourth-order valence-corrected chi connectivity index (χ4v) is 2.87. The van der Waals surface area contributed by atoms with Gasteiger partial charge in [0.25, 0.3) is 0 Å². The maximum atomic E-state index is 14.6. The SMILES string of the molecule is CCOc1ccc(Cl)c(C(=O)c2c[nH]c3ncc(Br)cc23)c1F. The Kier molecular flexibility index (Phi) is 4.37. The minimum absolute atomic E-state index is 0.000558. The summed E-state index contributed by atoms with van der Waals surface area (Å²) in [5, 5.41) is 0.620. The van der Waals surface area contributed by atoms with Crippen LogP contribution >= 0.6 is 27.5 Å². The van der Waals surface area contributed by atoms with E-state index in [-0.39, 0.29) is 22.9 Å². The summed E-state index contributed by atoms with van der Waals surface area (Å²) in [5.74, 6) is -1.29. The Bertz CT molecular complexity index is 910. The number of H-pyrrole nitrogens is 1. The van der Waals surface area contributed by atoms with Crippen molar-refractivity contribution in [1.82, 2.24) is 9.97 Å². The maximum absolute atomic E-state index is 14.6. The fourth-order valence-electron chi connectivity index (χ4n) is 2.31. The molecule has 4 nitrogen and oxygen atoms in total. The van der Waals surface area contributed by atoms with Crippen molar-refractivity contribution in [3.63, 3.8) is 0 Å². The van der Waals surface area contributed by atoms with E-state index in [1.54, 1.807) is 19.2 Å². The average molecular weight is 398 g/mol. The van der Waals surface area contributed by atoms with Crippen molar-refractivity contribution >= 4 is 44.3 Å². The van der Waals surface area contributed by atoms with Crippen LogP contribution in [-0.2, 0) is 0 Å². The summed E-state index contributed by atoms with van der Waals surface area (Å²) in [4.78, 5) is 19.8. The van der Waals surface area contributed by atoms with E-state index in [9.17, 15) is 9.18 Å². The fraction of sp³-hybridized carbons (Fsp3) is 0.125. The van der Waals surface area contributed by atoms with Gasteiger partial charge in [0.1, 0.15) is 5.65 Å². The van der Waals surface area contributed by atoms with Crippen molar-refractivity contribution in [3.05, 3.63) is 57.0 Å². The lowest BCUT2D eigenvalue weighted by Crippen LogP contribution is -2.07. The number of benzene rings is 1. The van der Waals surface area contributed by atoms with Crippen molar-refractivity contribution in [2.75, 3.05) is 6.61 Å². The number of nitrogens with zero attached hydrogens (tertiary/aromatic N) is 1. The third-order valence-electron chi connectivity index (χ3n) is 3.32. The second-order valence-corrected chi connectivity index (χ2v) is 6.07. The molecule has 0 aliphatic rings. The number of ketones is 1. The molecule has 1 N–H and O–H groups in total. The molecule has 118 valence electrons. The van der Waals surface area contributed by atoms with Crippen LogP contribution in [0.4, 0.5) is 4.39 Å². The highest BCUT2D eigenvalue weighted by Gasteiger charge is 2.24. The summed E-state index contributed by atoms with van der Waals surface area (Å²) >= 11 is 9.35. The summed E-state index contributed by atoms with van der Waals surface area (Å²) in [6.45, 7) is 2.02. The van der Waals surface area contributed by atoms with Gasteiger partial charge in [-0.15, -0.1) is 0 Å². The third kappa shape index (κ3) is 2.84. The largest absolute Gasteiger partial charge is 0.491 e. The summed E-state index contributed by atoms with van der Waals surface area (Å²) in [6, 6.07) is 4.60. The number of ether oxygens (including phenoxy) is 1. The topological polar surface area (TPSA) is 55.0 Å². The summed E-state index contributed by atoms with van der Waals surface area (Å²) in [6.07, 6.45) is 3.10. The van der Waals surface area contributed by atoms with E-state index in [2.05, 4.69) is 25.9 Å². The number of hydrogen-bond donors (Lipinski definition) is 1. The van der Waals surface area contributed by atoms with Crippen LogP contribution in [0.3, 0.4) is 0 Å². The van der Waals surface area contributed by atoms with Gasteiger partial charge in [0.05, 0.1) is 17.2 Å². The van der Waals surface area contributed by atoms with Crippen molar-refractivity contribution in [1.29, 1.82) is 0 Å². The van der Waals surface area contributed by atoms with E-state index in [0.29, 0.717) is 21.1 Å². The predicted molar refractivity (Wildman–Crippen MR) is 89.8 cm³/mol. The molecular weight excluding hydrogens is 387 g/mol. The van der Waals surface area contributed by atoms with Crippen LogP contribution in [0.2, 0.25) is 5.02 Å². The van der Waals surface area contributed by atoms with Crippen LogP contribution in [-0.4, -0.2) is 22.4 Å². The molecule has 0 spiro atoms. The van der Waals surface area contributed by atoms with Gasteiger partial charge in [-0.1, -0.05) is 11.6 Å². The molecule has 7 heteroatoms. The van der Waals surface area contributed by atoms with Gasteiger partial charge in [-0.25, -0.2) is 9.37 Å². The molecule has 0 unspecified atom stereocenters. The molecule has 0 saturated heterocycles. The quantitative estimate of drug-likeness (QED) is 0.647. The maximum Gasteiger partial charge on any atom is 0.199 e. The van der Waals surface area contributed by atoms with Crippen LogP contribution in [0.15, 0.2) is 35.1 Å². The molecule has 0 bridgehead atoms. The van der Waals surface area contributed by atoms with Crippen molar-refractivity contribution in [2.24, 2.45) is 0 Å². The average Bonchev–Trinajstić information content (AvgIpc) is 2.93. The van der Waals surface area contributed by atoms with Gasteiger partial charge in [-0.2, -0.15) is 0 Å². The molecule has 0 saturated carbocycles. The van der Waals surface area contributed by atoms with Crippen LogP contribution in [0, 0.1) is 5.82 Å². The smallest absolute Gasteiger partial charge is 0.199 e. The minimum Gasteiger partial charge on any atom is -0.491 e. The summed E-state index contributed by atoms with van der Waals surface area (Å²) in [5.41, 5.74) is 0.621. The Morgan fingerprint density at radius 2 is 2.26 bits per heavy atom. The third-order valence-corrected chi connectivity index (χ3v) is 4.07. The lowest BCUT2D eigenvalue weighted by Gasteiger charge is -2.09. The first kappa shape index (κ1) is 16.0. The lowest BCUT2D eigenvalue weighted by molar-refractivity contribution is 0.103. The predicted octanol–water partition coefficient (Wildman–Crippen LogP) is 4.75. The van der Waals surface area contributed by atoms with Crippen molar-refractivity contribution in [3.8, 4) is 5.75 Å². The standard InChI is InChI=1S/C16H11BrClFN2O2/c1-2-23-12-4-3-11(18)13(14(12)19)15(22)10-7-21-16-9(10)5-8(17)6-20-16/h3-7H,2H2,1H3,(H,20,21). The summed E-state index contributed by atoms with van der Waals surface area (Å²) < 4.78 is 20.5. The zero-order chi connectivity index (χ0) is 16.6. The van der Waals surface area contributed by atoms with Gasteiger partial charge in [-0.05, 0) is 41.1 Å². The molecule has 0 aliphatic carbocycles. The normalized spacial score (nSPS) is 11.0. The number of nitrogens with one attached hydrogen (secondary N) is 1. The second-order valence-electron chi connectivity index (χ2n) is 4.75. The molecule has 0 fully saturated rings. The molecule has 0 aliphatic heterocycles. The lowest BCUT2D eigenvalue weighted by atomic mass is 10.0. The Hall–Kier alpha value is -1.92. The molecular formula is C16H11BrClFN2O2. The molecule has 3 rings (SSSR count). The number of rotatable bonds is 4. The monoisotopic (exact) mass is 396 g/mol. The molecule has 2 aromatic heterocycles. The number of aromatic amines is 1. The van der Waals surface area contributed by atoms with E-state index in [0.717, 1.165) is 0 Å². The van der Waals surface area contributed by atoms with E-state index < -0.39 is 11.6 Å². The summed E-state index contributed by atoms with van der Waals surface area (Å²) in [7, 11) is 0. The van der Waals surface area contributed by atoms with Crippen LogP contribution in [0.1, 0.15) is 22.8 Å². The Morgan fingerprint density at radius 1 is 1.48 bits per heavy atom. The first-order valence-electron chi connectivity index (χ1n) is 6.81.